The maximum absolute atomic E-state index is 16.0. The van der Waals surface area contributed by atoms with Gasteiger partial charge in [0.05, 0.1) is 5.52 Å². The zero-order valence-corrected chi connectivity index (χ0v) is 30.9. The van der Waals surface area contributed by atoms with Gasteiger partial charge in [-0.3, -0.25) is 9.88 Å². The number of halogens is 1. The van der Waals surface area contributed by atoms with E-state index >= 15 is 4.39 Å². The Balaban J connectivity index is 1.54. The molecule has 3 aromatic rings. The van der Waals surface area contributed by atoms with Crippen molar-refractivity contribution in [2.24, 2.45) is 5.41 Å². The van der Waals surface area contributed by atoms with Gasteiger partial charge in [-0.15, -0.1) is 0 Å². The van der Waals surface area contributed by atoms with Crippen LogP contribution in [0.2, 0.25) is 51.4 Å². The number of anilines is 1. The Morgan fingerprint density at radius 2 is 1.67 bits per heavy atom. The number of aromatic nitrogens is 4. The molecule has 0 spiro atoms. The highest BCUT2D eigenvalue weighted by Crippen LogP contribution is 2.59. The van der Waals surface area contributed by atoms with E-state index in [1.54, 1.807) is 26.8 Å². The maximum Gasteiger partial charge on any atom is 0.412 e. The lowest BCUT2D eigenvalue weighted by atomic mass is 9.54. The number of hydrogen-bond acceptors (Lipinski definition) is 6. The molecule has 1 fully saturated rings. The van der Waals surface area contributed by atoms with Crippen molar-refractivity contribution in [3.05, 3.63) is 29.2 Å². The van der Waals surface area contributed by atoms with Gasteiger partial charge in [-0.25, -0.2) is 18.9 Å². The summed E-state index contributed by atoms with van der Waals surface area (Å²) in [5, 5.41) is 7.80. The molecule has 1 amide bonds. The molecule has 1 N–H and O–H groups in total. The number of nitrogens with zero attached hydrogens (tertiary/aromatic N) is 4. The van der Waals surface area contributed by atoms with Crippen LogP contribution >= 0.6 is 0 Å². The molecule has 0 unspecified atom stereocenters. The molecule has 1 aromatic carbocycles. The van der Waals surface area contributed by atoms with Crippen molar-refractivity contribution in [3.8, 4) is 11.5 Å². The van der Waals surface area contributed by atoms with Crippen LogP contribution in [0.15, 0.2) is 12.1 Å². The van der Waals surface area contributed by atoms with Gasteiger partial charge in [-0.2, -0.15) is 5.10 Å². The van der Waals surface area contributed by atoms with Crippen LogP contribution in [-0.2, 0) is 34.1 Å². The van der Waals surface area contributed by atoms with Crippen LogP contribution in [0.3, 0.4) is 0 Å². The molecule has 9 nitrogen and oxygen atoms in total. The summed E-state index contributed by atoms with van der Waals surface area (Å²) >= 11 is 0. The van der Waals surface area contributed by atoms with Gasteiger partial charge in [0, 0.05) is 46.3 Å². The van der Waals surface area contributed by atoms with Crippen LogP contribution in [-0.4, -0.2) is 60.4 Å². The Labute approximate surface area is 269 Å². The predicted molar refractivity (Wildman–Crippen MR) is 183 cm³/mol. The average Bonchev–Trinajstić information content (AvgIpc) is 3.40. The topological polar surface area (TPSA) is 92.4 Å². The quantitative estimate of drug-likeness (QED) is 0.155. The Hall–Kier alpha value is -2.55. The van der Waals surface area contributed by atoms with E-state index in [1.165, 1.54) is 17.3 Å². The monoisotopic (exact) mass is 657 g/mol. The number of rotatable bonds is 12. The molecule has 0 atom stereocenters. The van der Waals surface area contributed by atoms with Crippen molar-refractivity contribution in [3.63, 3.8) is 0 Å². The molecular formula is C33H52FN5O4Si2. The number of carbonyl (C=O) groups excluding carboxylic acids is 1. The molecule has 45 heavy (non-hydrogen) atoms. The van der Waals surface area contributed by atoms with E-state index in [0.717, 1.165) is 37.0 Å². The summed E-state index contributed by atoms with van der Waals surface area (Å²) in [5.41, 5.74) is 3.82. The first-order valence-corrected chi connectivity index (χ1v) is 23.7. The molecule has 3 aliphatic rings. The fraction of sp³-hybridized carbons (Fsp3) is 0.667. The van der Waals surface area contributed by atoms with Crippen molar-refractivity contribution in [2.75, 3.05) is 18.5 Å². The van der Waals surface area contributed by atoms with Gasteiger partial charge >= 0.3 is 6.09 Å². The van der Waals surface area contributed by atoms with Gasteiger partial charge in [0.15, 0.2) is 11.6 Å². The maximum atomic E-state index is 16.0. The zero-order chi connectivity index (χ0) is 32.9. The third-order valence-electron chi connectivity index (χ3n) is 8.66. The molecule has 248 valence electrons. The van der Waals surface area contributed by atoms with Crippen molar-refractivity contribution >= 4 is 39.0 Å². The standard InChI is InChI=1S/C33H52FN5O4Si2/c1-32(2,3)43-31(40)35-23-15-24(34)29-25(16-23)36-30(38(29)20-41-11-13-44(5,6)7)28-27-22-17-33(4,18-22)19-26(27)39(37-28)21-42-12-14-45(8,9)10/h15-16,22H,11-14,17-21H2,1-10H3,(H,35,40)/t22-,33+. The number of imidazole rings is 1. The second kappa shape index (κ2) is 12.2. The van der Waals surface area contributed by atoms with Crippen LogP contribution < -0.4 is 5.32 Å². The summed E-state index contributed by atoms with van der Waals surface area (Å²) in [6.45, 7) is 23.5. The lowest BCUT2D eigenvalue weighted by Crippen LogP contribution is -2.41. The second-order valence-electron chi connectivity index (χ2n) is 16.8. The Kier molecular flexibility index (Phi) is 9.19. The molecule has 6 rings (SSSR count). The van der Waals surface area contributed by atoms with Crippen LogP contribution in [0.1, 0.15) is 57.7 Å². The molecule has 12 heteroatoms. The number of hydrogen-bond donors (Lipinski definition) is 1. The van der Waals surface area contributed by atoms with Crippen molar-refractivity contribution in [1.29, 1.82) is 0 Å². The largest absolute Gasteiger partial charge is 0.444 e. The number of amides is 1. The van der Waals surface area contributed by atoms with Crippen LogP contribution in [0.5, 0.6) is 0 Å². The predicted octanol–water partition coefficient (Wildman–Crippen LogP) is 8.45. The summed E-state index contributed by atoms with van der Waals surface area (Å²) in [7, 11) is -2.54. The average molecular weight is 658 g/mol. The normalized spacial score (nSPS) is 19.8. The summed E-state index contributed by atoms with van der Waals surface area (Å²) in [6.07, 6.45) is 2.51. The van der Waals surface area contributed by atoms with Gasteiger partial charge in [0.2, 0.25) is 0 Å². The molecular weight excluding hydrogens is 606 g/mol. The van der Waals surface area contributed by atoms with Gasteiger partial charge in [-0.05, 0) is 75.6 Å². The molecule has 3 aliphatic carbocycles. The minimum Gasteiger partial charge on any atom is -0.444 e. The first-order chi connectivity index (χ1) is 20.8. The Morgan fingerprint density at radius 3 is 2.27 bits per heavy atom. The zero-order valence-electron chi connectivity index (χ0n) is 28.9. The summed E-state index contributed by atoms with van der Waals surface area (Å²) < 4.78 is 37.6. The van der Waals surface area contributed by atoms with Crippen LogP contribution in [0.25, 0.3) is 22.6 Å². The fourth-order valence-corrected chi connectivity index (χ4v) is 7.88. The van der Waals surface area contributed by atoms with Gasteiger partial charge in [0.25, 0.3) is 0 Å². The summed E-state index contributed by atoms with van der Waals surface area (Å²) in [6, 6.07) is 5.09. The van der Waals surface area contributed by atoms with Gasteiger partial charge in [-0.1, -0.05) is 46.2 Å². The third kappa shape index (κ3) is 8.06. The van der Waals surface area contributed by atoms with E-state index in [1.807, 2.05) is 9.25 Å². The highest BCUT2D eigenvalue weighted by Gasteiger charge is 2.50. The minimum absolute atomic E-state index is 0.156. The van der Waals surface area contributed by atoms with Crippen LogP contribution in [0, 0.1) is 11.2 Å². The van der Waals surface area contributed by atoms with E-state index in [0.29, 0.717) is 42.7 Å². The van der Waals surface area contributed by atoms with Gasteiger partial charge < -0.3 is 14.2 Å². The Bertz CT molecular complexity index is 1560. The van der Waals surface area contributed by atoms with E-state index in [4.69, 9.17) is 24.3 Å². The molecule has 0 aliphatic heterocycles. The highest BCUT2D eigenvalue weighted by atomic mass is 28.3. The van der Waals surface area contributed by atoms with Crippen molar-refractivity contribution < 1.29 is 23.4 Å². The van der Waals surface area contributed by atoms with E-state index in [-0.39, 0.29) is 17.8 Å². The molecule has 1 saturated carbocycles. The first-order valence-electron chi connectivity index (χ1n) is 16.3. The van der Waals surface area contributed by atoms with Gasteiger partial charge in [0.1, 0.15) is 30.3 Å². The number of carbonyl (C=O) groups is 1. The number of ether oxygens (including phenoxy) is 3. The fourth-order valence-electron chi connectivity index (χ4n) is 6.36. The van der Waals surface area contributed by atoms with E-state index in [2.05, 4.69) is 51.5 Å². The summed E-state index contributed by atoms with van der Waals surface area (Å²) in [4.78, 5) is 17.5. The molecule has 0 saturated heterocycles. The number of nitrogens with one attached hydrogen (secondary N) is 1. The Morgan fingerprint density at radius 1 is 1.04 bits per heavy atom. The smallest absolute Gasteiger partial charge is 0.412 e. The number of fused-ring (bicyclic) bond motifs is 1. The van der Waals surface area contributed by atoms with Crippen molar-refractivity contribution in [1.82, 2.24) is 19.3 Å². The van der Waals surface area contributed by atoms with E-state index in [9.17, 15) is 4.79 Å². The van der Waals surface area contributed by atoms with Crippen LogP contribution in [0.4, 0.5) is 14.9 Å². The highest BCUT2D eigenvalue weighted by molar-refractivity contribution is 6.76. The lowest BCUT2D eigenvalue weighted by Gasteiger charge is -2.50. The molecule has 0 radical (unpaired) electrons. The minimum atomic E-state index is -1.32. The number of benzene rings is 1. The third-order valence-corrected chi connectivity index (χ3v) is 12.1. The molecule has 2 aromatic heterocycles. The second-order valence-corrected chi connectivity index (χ2v) is 28.1. The molecule has 2 bridgehead atoms. The SMILES string of the molecule is CC(C)(C)OC(=O)Nc1cc(F)c2c(c1)nc(-c1nn(COCC[Si](C)(C)C)c3c1[C@H]1C[C@@](C)(C3)C1)n2COCC[Si](C)(C)C. The summed E-state index contributed by atoms with van der Waals surface area (Å²) in [5.74, 6) is 0.476. The molecule has 2 heterocycles. The lowest BCUT2D eigenvalue weighted by molar-refractivity contribution is 0.0632. The van der Waals surface area contributed by atoms with Crippen molar-refractivity contribution in [2.45, 2.75) is 123 Å². The first kappa shape index (κ1) is 33.8. The van der Waals surface area contributed by atoms with E-state index < -0.39 is 33.7 Å².